The summed E-state index contributed by atoms with van der Waals surface area (Å²) in [6.45, 7) is 13.2. The molecule has 1 aromatic heterocycles. The van der Waals surface area contributed by atoms with Crippen LogP contribution in [0.3, 0.4) is 0 Å². The Hall–Kier alpha value is -1.18. The number of thiazole rings is 1. The van der Waals surface area contributed by atoms with E-state index in [1.54, 1.807) is 11.3 Å². The minimum Gasteiger partial charge on any atom is -0.379 e. The number of aromatic nitrogens is 1. The monoisotopic (exact) mass is 365 g/mol. The molecule has 1 atom stereocenters. The SMILES string of the molecule is CCNC(=NCc1csc(CC)n1)N1CCC(CN2CCOCC2)C1. The molecule has 6 nitrogen and oxygen atoms in total. The summed E-state index contributed by atoms with van der Waals surface area (Å²) in [6.07, 6.45) is 2.25. The molecule has 0 bridgehead atoms. The topological polar surface area (TPSA) is 53.0 Å². The molecule has 2 fully saturated rings. The average molecular weight is 366 g/mol. The predicted molar refractivity (Wildman–Crippen MR) is 103 cm³/mol. The van der Waals surface area contributed by atoms with Crippen LogP contribution in [0.1, 0.15) is 31.0 Å². The molecular formula is C18H31N5OS. The Morgan fingerprint density at radius 2 is 2.20 bits per heavy atom. The highest BCUT2D eigenvalue weighted by molar-refractivity contribution is 7.09. The molecule has 2 aliphatic heterocycles. The average Bonchev–Trinajstić information content (AvgIpc) is 3.29. The second-order valence-electron chi connectivity index (χ2n) is 6.77. The van der Waals surface area contributed by atoms with Gasteiger partial charge in [-0.3, -0.25) is 4.90 Å². The first-order valence-corrected chi connectivity index (χ1v) is 10.4. The Labute approximate surface area is 155 Å². The molecule has 0 saturated carbocycles. The summed E-state index contributed by atoms with van der Waals surface area (Å²) in [5.74, 6) is 1.77. The highest BCUT2D eigenvalue weighted by Gasteiger charge is 2.27. The van der Waals surface area contributed by atoms with Crippen LogP contribution in [0.15, 0.2) is 10.4 Å². The lowest BCUT2D eigenvalue weighted by Crippen LogP contribution is -2.42. The Bertz CT molecular complexity index is 555. The lowest BCUT2D eigenvalue weighted by molar-refractivity contribution is 0.0315. The maximum Gasteiger partial charge on any atom is 0.194 e. The van der Waals surface area contributed by atoms with E-state index in [1.165, 1.54) is 18.0 Å². The molecule has 0 radical (unpaired) electrons. The number of hydrogen-bond donors (Lipinski definition) is 1. The van der Waals surface area contributed by atoms with Gasteiger partial charge in [-0.15, -0.1) is 11.3 Å². The molecular weight excluding hydrogens is 334 g/mol. The van der Waals surface area contributed by atoms with Crippen molar-refractivity contribution in [1.82, 2.24) is 20.1 Å². The van der Waals surface area contributed by atoms with Crippen LogP contribution in [0, 0.1) is 5.92 Å². The minimum absolute atomic E-state index is 0.670. The van der Waals surface area contributed by atoms with Gasteiger partial charge in [-0.05, 0) is 25.7 Å². The van der Waals surface area contributed by atoms with Gasteiger partial charge in [0.2, 0.25) is 0 Å². The van der Waals surface area contributed by atoms with E-state index < -0.39 is 0 Å². The Morgan fingerprint density at radius 3 is 2.92 bits per heavy atom. The first kappa shape index (κ1) is 18.6. The van der Waals surface area contributed by atoms with Crippen molar-refractivity contribution in [2.45, 2.75) is 33.2 Å². The molecule has 2 saturated heterocycles. The van der Waals surface area contributed by atoms with Crippen molar-refractivity contribution in [1.29, 1.82) is 0 Å². The van der Waals surface area contributed by atoms with Crippen LogP contribution < -0.4 is 5.32 Å². The van der Waals surface area contributed by atoms with E-state index in [-0.39, 0.29) is 0 Å². The van der Waals surface area contributed by atoms with Gasteiger partial charge >= 0.3 is 0 Å². The molecule has 0 amide bonds. The summed E-state index contributed by atoms with van der Waals surface area (Å²) in [5, 5.41) is 6.79. The fraction of sp³-hybridized carbons (Fsp3) is 0.778. The lowest BCUT2D eigenvalue weighted by Gasteiger charge is -2.29. The van der Waals surface area contributed by atoms with E-state index in [0.29, 0.717) is 6.54 Å². The molecule has 1 unspecified atom stereocenters. The van der Waals surface area contributed by atoms with E-state index in [4.69, 9.17) is 9.73 Å². The van der Waals surface area contributed by atoms with Gasteiger partial charge in [0.1, 0.15) is 0 Å². The number of aliphatic imine (C=N–C) groups is 1. The Balaban J connectivity index is 1.53. The van der Waals surface area contributed by atoms with Crippen molar-refractivity contribution in [3.8, 4) is 0 Å². The van der Waals surface area contributed by atoms with Crippen LogP contribution in [-0.2, 0) is 17.7 Å². The number of guanidine groups is 1. The Morgan fingerprint density at radius 1 is 1.36 bits per heavy atom. The van der Waals surface area contributed by atoms with Gasteiger partial charge < -0.3 is 15.0 Å². The van der Waals surface area contributed by atoms with E-state index >= 15 is 0 Å². The van der Waals surface area contributed by atoms with Gasteiger partial charge in [-0.1, -0.05) is 6.92 Å². The summed E-state index contributed by atoms with van der Waals surface area (Å²) >= 11 is 1.74. The van der Waals surface area contributed by atoms with Crippen LogP contribution in [0.5, 0.6) is 0 Å². The van der Waals surface area contributed by atoms with Crippen molar-refractivity contribution < 1.29 is 4.74 Å². The number of hydrogen-bond acceptors (Lipinski definition) is 5. The third-order valence-electron chi connectivity index (χ3n) is 4.83. The van der Waals surface area contributed by atoms with Gasteiger partial charge in [0.05, 0.1) is 30.5 Å². The zero-order valence-electron chi connectivity index (χ0n) is 15.5. The normalized spacial score (nSPS) is 22.6. The van der Waals surface area contributed by atoms with Gasteiger partial charge in [0.25, 0.3) is 0 Å². The zero-order chi connectivity index (χ0) is 17.5. The summed E-state index contributed by atoms with van der Waals surface area (Å²) in [5.41, 5.74) is 1.08. The lowest BCUT2D eigenvalue weighted by atomic mass is 10.1. The van der Waals surface area contributed by atoms with Crippen LogP contribution in [0.2, 0.25) is 0 Å². The van der Waals surface area contributed by atoms with E-state index in [1.807, 2.05) is 0 Å². The maximum atomic E-state index is 5.45. The highest BCUT2D eigenvalue weighted by atomic mass is 32.1. The molecule has 3 rings (SSSR count). The van der Waals surface area contributed by atoms with E-state index in [0.717, 1.165) is 69.9 Å². The standard InChI is InChI=1S/C18H31N5OS/c1-3-17-21-16(14-25-17)11-20-18(19-4-2)23-6-5-15(13-23)12-22-7-9-24-10-8-22/h14-15H,3-13H2,1-2H3,(H,19,20). The zero-order valence-corrected chi connectivity index (χ0v) is 16.4. The van der Waals surface area contributed by atoms with Gasteiger partial charge in [0.15, 0.2) is 5.96 Å². The smallest absolute Gasteiger partial charge is 0.194 e. The molecule has 0 aliphatic carbocycles. The molecule has 140 valence electrons. The molecule has 2 aliphatic rings. The quantitative estimate of drug-likeness (QED) is 0.616. The highest BCUT2D eigenvalue weighted by Crippen LogP contribution is 2.19. The fourth-order valence-electron chi connectivity index (χ4n) is 3.49. The largest absolute Gasteiger partial charge is 0.379 e. The molecule has 7 heteroatoms. The van der Waals surface area contributed by atoms with Crippen molar-refractivity contribution in [2.24, 2.45) is 10.9 Å². The molecule has 3 heterocycles. The van der Waals surface area contributed by atoms with Crippen molar-refractivity contribution in [3.63, 3.8) is 0 Å². The fourth-order valence-corrected chi connectivity index (χ4v) is 4.22. The van der Waals surface area contributed by atoms with Crippen molar-refractivity contribution in [3.05, 3.63) is 16.1 Å². The molecule has 25 heavy (non-hydrogen) atoms. The summed E-state index contributed by atoms with van der Waals surface area (Å²) in [4.78, 5) is 14.4. The molecule has 1 N–H and O–H groups in total. The number of ether oxygens (including phenoxy) is 1. The second kappa shape index (κ2) is 9.50. The maximum absolute atomic E-state index is 5.45. The molecule has 1 aromatic rings. The summed E-state index contributed by atoms with van der Waals surface area (Å²) in [7, 11) is 0. The number of nitrogens with one attached hydrogen (secondary N) is 1. The number of aryl methyl sites for hydroxylation is 1. The van der Waals surface area contributed by atoms with Gasteiger partial charge in [0, 0.05) is 44.6 Å². The van der Waals surface area contributed by atoms with Crippen molar-refractivity contribution >= 4 is 17.3 Å². The van der Waals surface area contributed by atoms with Crippen LogP contribution in [-0.4, -0.2) is 73.2 Å². The third kappa shape index (κ3) is 5.39. The third-order valence-corrected chi connectivity index (χ3v) is 5.87. The van der Waals surface area contributed by atoms with Gasteiger partial charge in [-0.25, -0.2) is 9.98 Å². The second-order valence-corrected chi connectivity index (χ2v) is 7.71. The Kier molecular flexibility index (Phi) is 7.07. The summed E-state index contributed by atoms with van der Waals surface area (Å²) in [6, 6.07) is 0. The van der Waals surface area contributed by atoms with Gasteiger partial charge in [-0.2, -0.15) is 0 Å². The van der Waals surface area contributed by atoms with Crippen LogP contribution in [0.4, 0.5) is 0 Å². The van der Waals surface area contributed by atoms with Crippen molar-refractivity contribution in [2.75, 3.05) is 52.5 Å². The first-order chi connectivity index (χ1) is 12.3. The predicted octanol–water partition coefficient (Wildman–Crippen LogP) is 1.83. The van der Waals surface area contributed by atoms with E-state index in [2.05, 4.69) is 39.3 Å². The minimum atomic E-state index is 0.670. The number of likely N-dealkylation sites (tertiary alicyclic amines) is 1. The first-order valence-electron chi connectivity index (χ1n) is 9.55. The number of rotatable bonds is 6. The molecule has 0 aromatic carbocycles. The number of morpholine rings is 1. The van der Waals surface area contributed by atoms with Crippen LogP contribution in [0.25, 0.3) is 0 Å². The van der Waals surface area contributed by atoms with Crippen LogP contribution >= 0.6 is 11.3 Å². The summed E-state index contributed by atoms with van der Waals surface area (Å²) < 4.78 is 5.45. The van der Waals surface area contributed by atoms with E-state index in [9.17, 15) is 0 Å². The molecule has 0 spiro atoms. The number of nitrogens with zero attached hydrogens (tertiary/aromatic N) is 4.